The molecule has 0 fully saturated rings. The Bertz CT molecular complexity index is 1030. The van der Waals surface area contributed by atoms with Gasteiger partial charge < -0.3 is 10.6 Å². The Morgan fingerprint density at radius 1 is 1.07 bits per heavy atom. The number of alkyl halides is 1. The molecule has 30 heavy (non-hydrogen) atoms. The Morgan fingerprint density at radius 3 is 2.40 bits per heavy atom. The second kappa shape index (κ2) is 10.0. The molecule has 3 aromatic rings. The van der Waals surface area contributed by atoms with Crippen molar-refractivity contribution in [1.82, 2.24) is 9.97 Å². The molecule has 1 unspecified atom stereocenters. The van der Waals surface area contributed by atoms with E-state index >= 15 is 0 Å². The van der Waals surface area contributed by atoms with Gasteiger partial charge >= 0.3 is 0 Å². The molecule has 1 heterocycles. The second-order valence-corrected chi connectivity index (χ2v) is 7.51. The van der Waals surface area contributed by atoms with Gasteiger partial charge in [0.05, 0.1) is 12.5 Å². The molecular formula is C21H18BFN4O2S. The molecule has 2 radical (unpaired) electrons. The molecule has 0 spiro atoms. The number of hydrogen-bond acceptors (Lipinski definition) is 5. The number of halogens is 1. The van der Waals surface area contributed by atoms with E-state index in [1.54, 1.807) is 42.5 Å². The Hall–Kier alpha value is -3.20. The van der Waals surface area contributed by atoms with Crippen molar-refractivity contribution >= 4 is 42.9 Å². The molecule has 9 heteroatoms. The lowest BCUT2D eigenvalue weighted by molar-refractivity contribution is -0.116. The normalized spacial score (nSPS) is 11.5. The quantitative estimate of drug-likeness (QED) is 0.448. The van der Waals surface area contributed by atoms with Crippen LogP contribution in [0.15, 0.2) is 70.8 Å². The van der Waals surface area contributed by atoms with Crippen molar-refractivity contribution in [3.05, 3.63) is 72.1 Å². The van der Waals surface area contributed by atoms with Crippen LogP contribution in [0, 0.1) is 0 Å². The van der Waals surface area contributed by atoms with Gasteiger partial charge in [-0.25, -0.2) is 9.97 Å². The van der Waals surface area contributed by atoms with Gasteiger partial charge in [0.25, 0.3) is 0 Å². The van der Waals surface area contributed by atoms with Gasteiger partial charge in [0.15, 0.2) is 0 Å². The molecule has 0 bridgehead atoms. The van der Waals surface area contributed by atoms with Crippen LogP contribution < -0.4 is 10.6 Å². The van der Waals surface area contributed by atoms with Crippen molar-refractivity contribution in [2.24, 2.45) is 0 Å². The second-order valence-electron chi connectivity index (χ2n) is 6.42. The predicted molar refractivity (Wildman–Crippen MR) is 115 cm³/mol. The minimum atomic E-state index is -1.52. The number of carbonyl (C=O) groups excluding carboxylic acids is 2. The van der Waals surface area contributed by atoms with E-state index in [-0.39, 0.29) is 18.2 Å². The summed E-state index contributed by atoms with van der Waals surface area (Å²) in [5.41, 5.74) is 1.80. The highest BCUT2D eigenvalue weighted by Gasteiger charge is 2.07. The summed E-state index contributed by atoms with van der Waals surface area (Å²) in [6.07, 6.45) is 0.0323. The minimum absolute atomic E-state index is 0.172. The Labute approximate surface area is 179 Å². The van der Waals surface area contributed by atoms with Gasteiger partial charge in [-0.1, -0.05) is 36.0 Å². The largest absolute Gasteiger partial charge is 0.326 e. The maximum atomic E-state index is 13.0. The van der Waals surface area contributed by atoms with Crippen LogP contribution in [0.3, 0.4) is 0 Å². The number of amides is 2. The average molecular weight is 420 g/mol. The van der Waals surface area contributed by atoms with Crippen molar-refractivity contribution < 1.29 is 14.0 Å². The number of benzene rings is 2. The van der Waals surface area contributed by atoms with Gasteiger partial charge in [-0.2, -0.15) is 0 Å². The zero-order valence-corrected chi connectivity index (χ0v) is 16.9. The van der Waals surface area contributed by atoms with Gasteiger partial charge in [0.2, 0.25) is 11.8 Å². The summed E-state index contributed by atoms with van der Waals surface area (Å²) in [7, 11) is 5.18. The first-order chi connectivity index (χ1) is 14.4. The van der Waals surface area contributed by atoms with E-state index in [1.165, 1.54) is 25.0 Å². The fourth-order valence-corrected chi connectivity index (χ4v) is 3.37. The third kappa shape index (κ3) is 6.42. The molecule has 150 valence electrons. The van der Waals surface area contributed by atoms with Gasteiger partial charge in [0.1, 0.15) is 25.0 Å². The molecular weight excluding hydrogens is 402 g/mol. The van der Waals surface area contributed by atoms with Crippen LogP contribution in [0.4, 0.5) is 15.9 Å². The summed E-state index contributed by atoms with van der Waals surface area (Å²) >= 11 is 1.41. The topological polar surface area (TPSA) is 84.0 Å². The molecule has 3 rings (SSSR count). The fourth-order valence-electron chi connectivity index (χ4n) is 2.58. The van der Waals surface area contributed by atoms with Crippen LogP contribution in [0.25, 0.3) is 0 Å². The summed E-state index contributed by atoms with van der Waals surface area (Å²) < 4.78 is 13.0. The molecule has 0 saturated carbocycles. The van der Waals surface area contributed by atoms with Crippen LogP contribution in [0.2, 0.25) is 0 Å². The van der Waals surface area contributed by atoms with Crippen LogP contribution in [0.1, 0.15) is 24.1 Å². The van der Waals surface area contributed by atoms with Crippen molar-refractivity contribution in [3.63, 3.8) is 0 Å². The lowest BCUT2D eigenvalue weighted by Crippen LogP contribution is -2.14. The third-order valence-electron chi connectivity index (χ3n) is 3.97. The molecule has 1 atom stereocenters. The number of nitrogens with one attached hydrogen (secondary N) is 2. The van der Waals surface area contributed by atoms with Gasteiger partial charge in [0, 0.05) is 23.6 Å². The van der Waals surface area contributed by atoms with Crippen molar-refractivity contribution in [2.75, 3.05) is 10.6 Å². The highest BCUT2D eigenvalue weighted by molar-refractivity contribution is 7.99. The molecule has 0 aliphatic carbocycles. The summed E-state index contributed by atoms with van der Waals surface area (Å²) in [6, 6.07) is 15.5. The molecule has 0 aliphatic rings. The molecule has 2 aromatic carbocycles. The maximum absolute atomic E-state index is 13.0. The van der Waals surface area contributed by atoms with Crippen LogP contribution in [-0.2, 0) is 16.0 Å². The summed E-state index contributed by atoms with van der Waals surface area (Å²) in [5, 5.41) is 6.13. The Morgan fingerprint density at radius 2 is 1.77 bits per heavy atom. The van der Waals surface area contributed by atoms with E-state index in [9.17, 15) is 14.0 Å². The van der Waals surface area contributed by atoms with E-state index in [2.05, 4.69) is 20.6 Å². The monoisotopic (exact) mass is 420 g/mol. The first-order valence-corrected chi connectivity index (χ1v) is 9.86. The number of aromatic nitrogens is 2. The van der Waals surface area contributed by atoms with Gasteiger partial charge in [-0.3, -0.25) is 14.0 Å². The smallest absolute Gasteiger partial charge is 0.228 e. The van der Waals surface area contributed by atoms with Gasteiger partial charge in [-0.15, -0.1) is 0 Å². The first kappa shape index (κ1) is 21.5. The third-order valence-corrected chi connectivity index (χ3v) is 4.91. The maximum Gasteiger partial charge on any atom is 0.228 e. The Balaban J connectivity index is 1.56. The van der Waals surface area contributed by atoms with E-state index in [0.717, 1.165) is 10.5 Å². The molecule has 2 amide bonds. The zero-order chi connectivity index (χ0) is 21.5. The first-order valence-electron chi connectivity index (χ1n) is 9.05. The highest BCUT2D eigenvalue weighted by Crippen LogP contribution is 2.28. The average Bonchev–Trinajstić information content (AvgIpc) is 2.69. The van der Waals surface area contributed by atoms with E-state index in [0.29, 0.717) is 22.1 Å². The summed E-state index contributed by atoms with van der Waals surface area (Å²) in [6.45, 7) is 1.41. The van der Waals surface area contributed by atoms with E-state index < -0.39 is 6.07 Å². The number of anilines is 2. The zero-order valence-electron chi connectivity index (χ0n) is 16.1. The molecule has 6 nitrogen and oxygen atoms in total. The molecule has 1 aromatic heterocycles. The highest BCUT2D eigenvalue weighted by atomic mass is 32.2. The van der Waals surface area contributed by atoms with Gasteiger partial charge in [-0.05, 0) is 35.4 Å². The SMILES string of the molecule is [B]C(F)c1ccc(CC(=O)Nc2ccc(Sc3cc(NC(C)=O)ncn3)cc2)cc1. The standard InChI is InChI=1S/C21H18BFN4O2S/c1-13(28)26-18-11-20(25-12-24-18)30-17-8-6-16(7-9-17)27-19(29)10-14-2-4-15(5-3-14)21(22)23/h2-9,11-12,21H,10H2,1H3,(H,27,29)(H,24,25,26,28). The molecule has 0 aliphatic heterocycles. The number of nitrogens with zero attached hydrogens (tertiary/aromatic N) is 2. The molecule has 0 saturated heterocycles. The van der Waals surface area contributed by atoms with Crippen molar-refractivity contribution in [1.29, 1.82) is 0 Å². The number of hydrogen-bond donors (Lipinski definition) is 2. The van der Waals surface area contributed by atoms with E-state index in [1.807, 2.05) is 12.1 Å². The summed E-state index contributed by atoms with van der Waals surface area (Å²) in [4.78, 5) is 32.4. The van der Waals surface area contributed by atoms with Crippen molar-refractivity contribution in [3.8, 4) is 0 Å². The Kier molecular flexibility index (Phi) is 7.19. The van der Waals surface area contributed by atoms with Crippen LogP contribution in [-0.4, -0.2) is 29.6 Å². The summed E-state index contributed by atoms with van der Waals surface area (Å²) in [5.74, 6) is 0.0561. The van der Waals surface area contributed by atoms with Crippen LogP contribution >= 0.6 is 11.8 Å². The lowest BCUT2D eigenvalue weighted by atomic mass is 9.93. The fraction of sp³-hybridized carbons (Fsp3) is 0.143. The number of carbonyl (C=O) groups is 2. The number of rotatable bonds is 7. The predicted octanol–water partition coefficient (Wildman–Crippen LogP) is 3.90. The van der Waals surface area contributed by atoms with E-state index in [4.69, 9.17) is 7.85 Å². The molecule has 2 N–H and O–H groups in total. The minimum Gasteiger partial charge on any atom is -0.326 e. The van der Waals surface area contributed by atoms with Crippen LogP contribution in [0.5, 0.6) is 0 Å². The lowest BCUT2D eigenvalue weighted by Gasteiger charge is -2.08. The van der Waals surface area contributed by atoms with Crippen molar-refractivity contribution in [2.45, 2.75) is 29.3 Å².